The van der Waals surface area contributed by atoms with Crippen molar-refractivity contribution in [3.8, 4) is 0 Å². The normalized spacial score (nSPS) is 12.6. The van der Waals surface area contributed by atoms with Crippen molar-refractivity contribution in [2.45, 2.75) is 32.7 Å². The molecular weight excluding hydrogens is 228 g/mol. The Morgan fingerprint density at radius 1 is 1.29 bits per heavy atom. The number of aromatic nitrogens is 2. The number of nitrogens with zero attached hydrogens (tertiary/aromatic N) is 1. The van der Waals surface area contributed by atoms with Crippen LogP contribution < -0.4 is 0 Å². The molecule has 0 aliphatic rings. The molecule has 0 aliphatic heterocycles. The molecular formula is C14H18N2S. The Hall–Kier alpha value is -1.35. The van der Waals surface area contributed by atoms with Gasteiger partial charge >= 0.3 is 0 Å². The quantitative estimate of drug-likeness (QED) is 0.807. The summed E-state index contributed by atoms with van der Waals surface area (Å²) < 4.78 is 2.97. The van der Waals surface area contributed by atoms with E-state index in [0.29, 0.717) is 6.04 Å². The third kappa shape index (κ3) is 3.07. The first-order valence-electron chi connectivity index (χ1n) is 5.98. The highest BCUT2D eigenvalue weighted by molar-refractivity contribution is 7.71. The fraction of sp³-hybridized carbons (Fsp3) is 0.357. The van der Waals surface area contributed by atoms with Crippen LogP contribution in [0.25, 0.3) is 0 Å². The summed E-state index contributed by atoms with van der Waals surface area (Å²) in [5.41, 5.74) is 2.51. The molecule has 0 amide bonds. The summed E-state index contributed by atoms with van der Waals surface area (Å²) in [6, 6.07) is 11.0. The van der Waals surface area contributed by atoms with E-state index >= 15 is 0 Å². The van der Waals surface area contributed by atoms with Crippen LogP contribution >= 0.6 is 12.2 Å². The summed E-state index contributed by atoms with van der Waals surface area (Å²) >= 11 is 5.29. The van der Waals surface area contributed by atoms with Gasteiger partial charge in [0.05, 0.1) is 0 Å². The van der Waals surface area contributed by atoms with Crippen molar-refractivity contribution >= 4 is 12.2 Å². The van der Waals surface area contributed by atoms with E-state index in [0.717, 1.165) is 23.3 Å². The van der Waals surface area contributed by atoms with Gasteiger partial charge < -0.3 is 9.55 Å². The molecule has 0 spiro atoms. The first-order valence-corrected chi connectivity index (χ1v) is 6.39. The van der Waals surface area contributed by atoms with Crippen molar-refractivity contribution in [2.75, 3.05) is 0 Å². The number of nitrogens with one attached hydrogen (secondary N) is 1. The number of benzene rings is 1. The smallest absolute Gasteiger partial charge is 0.177 e. The van der Waals surface area contributed by atoms with E-state index in [2.05, 4.69) is 53.0 Å². The second kappa shape index (κ2) is 5.32. The largest absolute Gasteiger partial charge is 0.335 e. The van der Waals surface area contributed by atoms with Crippen molar-refractivity contribution < 1.29 is 0 Å². The van der Waals surface area contributed by atoms with E-state index in [1.165, 1.54) is 5.56 Å². The molecule has 0 saturated heterocycles. The average molecular weight is 246 g/mol. The minimum atomic E-state index is 0.438. The lowest BCUT2D eigenvalue weighted by molar-refractivity contribution is 0.501. The fourth-order valence-electron chi connectivity index (χ4n) is 2.02. The van der Waals surface area contributed by atoms with Crippen molar-refractivity contribution in [2.24, 2.45) is 0 Å². The second-order valence-corrected chi connectivity index (χ2v) is 4.91. The molecule has 0 bridgehead atoms. The van der Waals surface area contributed by atoms with E-state index in [9.17, 15) is 0 Å². The summed E-state index contributed by atoms with van der Waals surface area (Å²) in [4.78, 5) is 3.16. The Labute approximate surface area is 107 Å². The fourth-order valence-corrected chi connectivity index (χ4v) is 2.41. The monoisotopic (exact) mass is 246 g/mol. The molecule has 1 aromatic heterocycles. The lowest BCUT2D eigenvalue weighted by atomic mass is 10.1. The predicted octanol–water partition coefficient (Wildman–Crippen LogP) is 4.05. The number of aromatic amines is 1. The lowest BCUT2D eigenvalue weighted by Crippen LogP contribution is -2.05. The van der Waals surface area contributed by atoms with Crippen molar-refractivity contribution in [1.29, 1.82) is 0 Å². The summed E-state index contributed by atoms with van der Waals surface area (Å²) in [6.45, 7) is 4.25. The van der Waals surface area contributed by atoms with Gasteiger partial charge in [-0.25, -0.2) is 0 Å². The Kier molecular flexibility index (Phi) is 3.79. The van der Waals surface area contributed by atoms with Gasteiger partial charge in [-0.15, -0.1) is 0 Å². The highest BCUT2D eigenvalue weighted by Gasteiger charge is 2.06. The molecule has 0 radical (unpaired) electrons. The molecule has 1 unspecified atom stereocenters. The van der Waals surface area contributed by atoms with Crippen LogP contribution in [0.3, 0.4) is 0 Å². The molecule has 0 fully saturated rings. The third-order valence-corrected chi connectivity index (χ3v) is 3.35. The minimum absolute atomic E-state index is 0.438. The Morgan fingerprint density at radius 2 is 2.00 bits per heavy atom. The van der Waals surface area contributed by atoms with Crippen molar-refractivity contribution in [1.82, 2.24) is 9.55 Å². The van der Waals surface area contributed by atoms with E-state index in [1.807, 2.05) is 6.92 Å². The zero-order valence-electron chi connectivity index (χ0n) is 10.3. The van der Waals surface area contributed by atoms with Crippen LogP contribution in [0.5, 0.6) is 0 Å². The van der Waals surface area contributed by atoms with Gasteiger partial charge in [0, 0.05) is 17.9 Å². The molecule has 2 aromatic rings. The van der Waals surface area contributed by atoms with Gasteiger partial charge in [-0.3, -0.25) is 0 Å². The molecule has 90 valence electrons. The third-order valence-electron chi connectivity index (χ3n) is 3.04. The molecule has 0 saturated carbocycles. The number of hydrogen-bond acceptors (Lipinski definition) is 1. The Bertz CT molecular complexity index is 525. The SMILES string of the molecule is Cc1cn(C(C)CCc2ccccc2)c(=S)[nH]1. The number of aryl methyl sites for hydroxylation is 2. The average Bonchev–Trinajstić information content (AvgIpc) is 2.67. The zero-order valence-corrected chi connectivity index (χ0v) is 11.1. The van der Waals surface area contributed by atoms with E-state index < -0.39 is 0 Å². The first kappa shape index (κ1) is 12.1. The zero-order chi connectivity index (χ0) is 12.3. The summed E-state index contributed by atoms with van der Waals surface area (Å²) in [7, 11) is 0. The number of H-pyrrole nitrogens is 1. The molecule has 1 heterocycles. The molecule has 2 rings (SSSR count). The predicted molar refractivity (Wildman–Crippen MR) is 73.8 cm³/mol. The maximum atomic E-state index is 5.29. The topological polar surface area (TPSA) is 20.7 Å². The second-order valence-electron chi connectivity index (χ2n) is 4.52. The molecule has 1 atom stereocenters. The van der Waals surface area contributed by atoms with Gasteiger partial charge in [-0.2, -0.15) is 0 Å². The van der Waals surface area contributed by atoms with Gasteiger partial charge in [0.1, 0.15) is 0 Å². The first-order chi connectivity index (χ1) is 8.16. The van der Waals surface area contributed by atoms with Gasteiger partial charge in [0.15, 0.2) is 4.77 Å². The highest BCUT2D eigenvalue weighted by Crippen LogP contribution is 2.16. The summed E-state index contributed by atoms with van der Waals surface area (Å²) in [5.74, 6) is 0. The van der Waals surface area contributed by atoms with Crippen LogP contribution in [0.2, 0.25) is 0 Å². The molecule has 17 heavy (non-hydrogen) atoms. The summed E-state index contributed by atoms with van der Waals surface area (Å²) in [6.07, 6.45) is 4.29. The van der Waals surface area contributed by atoms with Crippen molar-refractivity contribution in [3.05, 3.63) is 52.6 Å². The molecule has 1 N–H and O–H groups in total. The number of hydrogen-bond donors (Lipinski definition) is 1. The molecule has 3 heteroatoms. The Balaban J connectivity index is 2.01. The van der Waals surface area contributed by atoms with Crippen LogP contribution in [0.15, 0.2) is 36.5 Å². The highest BCUT2D eigenvalue weighted by atomic mass is 32.1. The van der Waals surface area contributed by atoms with Gasteiger partial charge in [0.2, 0.25) is 0 Å². The van der Waals surface area contributed by atoms with Gasteiger partial charge in [-0.05, 0) is 44.5 Å². The van der Waals surface area contributed by atoms with Crippen LogP contribution in [0.4, 0.5) is 0 Å². The maximum absolute atomic E-state index is 5.29. The Morgan fingerprint density at radius 3 is 2.59 bits per heavy atom. The van der Waals surface area contributed by atoms with Crippen LogP contribution in [0.1, 0.15) is 30.6 Å². The van der Waals surface area contributed by atoms with Gasteiger partial charge in [0.25, 0.3) is 0 Å². The number of imidazole rings is 1. The number of rotatable bonds is 4. The molecule has 1 aromatic carbocycles. The van der Waals surface area contributed by atoms with E-state index in [4.69, 9.17) is 12.2 Å². The standard InChI is InChI=1S/C14H18N2S/c1-11-10-16(14(17)15-11)12(2)8-9-13-6-4-3-5-7-13/h3-7,10,12H,8-9H2,1-2H3,(H,15,17). The molecule has 0 aliphatic carbocycles. The van der Waals surface area contributed by atoms with Crippen molar-refractivity contribution in [3.63, 3.8) is 0 Å². The summed E-state index contributed by atoms with van der Waals surface area (Å²) in [5, 5.41) is 0. The van der Waals surface area contributed by atoms with E-state index in [1.54, 1.807) is 0 Å². The lowest BCUT2D eigenvalue weighted by Gasteiger charge is -2.12. The molecule has 2 nitrogen and oxygen atoms in total. The minimum Gasteiger partial charge on any atom is -0.335 e. The van der Waals surface area contributed by atoms with Crippen LogP contribution in [-0.2, 0) is 6.42 Å². The van der Waals surface area contributed by atoms with Crippen LogP contribution in [0, 0.1) is 11.7 Å². The van der Waals surface area contributed by atoms with E-state index in [-0.39, 0.29) is 0 Å². The maximum Gasteiger partial charge on any atom is 0.177 e. The van der Waals surface area contributed by atoms with Gasteiger partial charge in [-0.1, -0.05) is 30.3 Å². The van der Waals surface area contributed by atoms with Crippen LogP contribution in [-0.4, -0.2) is 9.55 Å².